The first-order valence-corrected chi connectivity index (χ1v) is 4.80. The fourth-order valence-electron chi connectivity index (χ4n) is 1.39. The second-order valence-corrected chi connectivity index (χ2v) is 4.62. The molecule has 2 heterocycles. The maximum Gasteiger partial charge on any atom is 0.172 e. The van der Waals surface area contributed by atoms with Crippen molar-refractivity contribution in [2.75, 3.05) is 0 Å². The van der Waals surface area contributed by atoms with E-state index in [1.54, 1.807) is 10.9 Å². The van der Waals surface area contributed by atoms with E-state index < -0.39 is 0 Å². The lowest BCUT2D eigenvalue weighted by molar-refractivity contribution is 0.00830. The van der Waals surface area contributed by atoms with Crippen LogP contribution in [0.15, 0.2) is 23.6 Å². The van der Waals surface area contributed by atoms with E-state index >= 15 is 0 Å². The summed E-state index contributed by atoms with van der Waals surface area (Å²) in [5.41, 5.74) is 0.123. The van der Waals surface area contributed by atoms with Crippen LogP contribution in [0.1, 0.15) is 27.2 Å². The highest BCUT2D eigenvalue weighted by Gasteiger charge is 2.33. The van der Waals surface area contributed by atoms with Gasteiger partial charge in [0.05, 0.1) is 6.42 Å². The fourth-order valence-corrected chi connectivity index (χ4v) is 1.39. The van der Waals surface area contributed by atoms with Crippen molar-refractivity contribution in [1.29, 1.82) is 0 Å². The van der Waals surface area contributed by atoms with Gasteiger partial charge in [0.25, 0.3) is 0 Å². The molecule has 1 unspecified atom stereocenters. The van der Waals surface area contributed by atoms with Crippen molar-refractivity contribution in [3.05, 3.63) is 18.5 Å². The number of aromatic nitrogens is 2. The van der Waals surface area contributed by atoms with Gasteiger partial charge in [0.1, 0.15) is 6.10 Å². The lowest BCUT2D eigenvalue weighted by Crippen LogP contribution is -2.27. The standard InChI is InChI=1S/C10H15N3O/c1-10(2,3)8-7-9(12-14-8)13-6-4-5-11-13/h4-6,8H,7H2,1-3H3. The van der Waals surface area contributed by atoms with Crippen LogP contribution < -0.4 is 0 Å². The molecule has 0 bridgehead atoms. The largest absolute Gasteiger partial charge is 0.390 e. The molecule has 0 N–H and O–H groups in total. The number of nitrogens with zero attached hydrogens (tertiary/aromatic N) is 3. The monoisotopic (exact) mass is 193 g/mol. The van der Waals surface area contributed by atoms with E-state index in [1.165, 1.54) is 0 Å². The van der Waals surface area contributed by atoms with Gasteiger partial charge in [-0.05, 0) is 6.07 Å². The third-order valence-corrected chi connectivity index (χ3v) is 2.39. The van der Waals surface area contributed by atoms with Gasteiger partial charge in [-0.2, -0.15) is 5.10 Å². The molecule has 0 saturated carbocycles. The van der Waals surface area contributed by atoms with Gasteiger partial charge in [-0.25, -0.2) is 4.68 Å². The average Bonchev–Trinajstić information content (AvgIpc) is 2.73. The van der Waals surface area contributed by atoms with E-state index in [0.29, 0.717) is 0 Å². The molecule has 0 spiro atoms. The van der Waals surface area contributed by atoms with Crippen LogP contribution in [-0.4, -0.2) is 21.7 Å². The molecule has 0 amide bonds. The van der Waals surface area contributed by atoms with Gasteiger partial charge in [0, 0.05) is 17.8 Å². The van der Waals surface area contributed by atoms with Gasteiger partial charge >= 0.3 is 0 Å². The van der Waals surface area contributed by atoms with Crippen molar-refractivity contribution in [3.8, 4) is 0 Å². The SMILES string of the molecule is CC(C)(C)C1CC(n2cccn2)=NO1. The van der Waals surface area contributed by atoms with Gasteiger partial charge in [0.2, 0.25) is 0 Å². The van der Waals surface area contributed by atoms with Crippen molar-refractivity contribution in [1.82, 2.24) is 9.78 Å². The van der Waals surface area contributed by atoms with Gasteiger partial charge in [-0.15, -0.1) is 0 Å². The summed E-state index contributed by atoms with van der Waals surface area (Å²) in [7, 11) is 0. The quantitative estimate of drug-likeness (QED) is 0.631. The van der Waals surface area contributed by atoms with E-state index in [4.69, 9.17) is 4.84 Å². The highest BCUT2D eigenvalue weighted by atomic mass is 16.6. The Morgan fingerprint density at radius 1 is 1.50 bits per heavy atom. The minimum Gasteiger partial charge on any atom is -0.390 e. The summed E-state index contributed by atoms with van der Waals surface area (Å²) < 4.78 is 1.76. The topological polar surface area (TPSA) is 39.4 Å². The van der Waals surface area contributed by atoms with Crippen molar-refractivity contribution in [2.45, 2.75) is 33.3 Å². The summed E-state index contributed by atoms with van der Waals surface area (Å²) in [6.45, 7) is 6.46. The minimum atomic E-state index is 0.123. The molecule has 76 valence electrons. The summed E-state index contributed by atoms with van der Waals surface area (Å²) in [6, 6.07) is 1.88. The van der Waals surface area contributed by atoms with Crippen LogP contribution in [0.4, 0.5) is 0 Å². The molecule has 0 fully saturated rings. The van der Waals surface area contributed by atoms with Crippen LogP contribution >= 0.6 is 0 Å². The summed E-state index contributed by atoms with van der Waals surface area (Å²) in [5, 5.41) is 8.16. The zero-order valence-electron chi connectivity index (χ0n) is 8.77. The van der Waals surface area contributed by atoms with Crippen molar-refractivity contribution in [2.24, 2.45) is 10.6 Å². The number of hydrogen-bond acceptors (Lipinski definition) is 3. The van der Waals surface area contributed by atoms with Crippen molar-refractivity contribution >= 4 is 5.84 Å². The molecule has 0 aliphatic carbocycles. The second kappa shape index (κ2) is 3.12. The predicted molar refractivity (Wildman–Crippen MR) is 54.0 cm³/mol. The summed E-state index contributed by atoms with van der Waals surface area (Å²) in [6.07, 6.45) is 4.60. The highest BCUT2D eigenvalue weighted by Crippen LogP contribution is 2.29. The smallest absolute Gasteiger partial charge is 0.172 e. The van der Waals surface area contributed by atoms with Crippen LogP contribution in [0, 0.1) is 5.41 Å². The summed E-state index contributed by atoms with van der Waals surface area (Å²) in [5.74, 6) is 0.884. The first-order valence-electron chi connectivity index (χ1n) is 4.80. The lowest BCUT2D eigenvalue weighted by atomic mass is 9.87. The molecule has 4 nitrogen and oxygen atoms in total. The van der Waals surface area contributed by atoms with Gasteiger partial charge in [-0.1, -0.05) is 25.9 Å². The van der Waals surface area contributed by atoms with Crippen LogP contribution in [0.3, 0.4) is 0 Å². The lowest BCUT2D eigenvalue weighted by Gasteiger charge is -2.23. The molecular weight excluding hydrogens is 178 g/mol. The Kier molecular flexibility index (Phi) is 2.06. The van der Waals surface area contributed by atoms with Crippen molar-refractivity contribution in [3.63, 3.8) is 0 Å². The van der Waals surface area contributed by atoms with Crippen LogP contribution in [-0.2, 0) is 4.84 Å². The van der Waals surface area contributed by atoms with E-state index in [2.05, 4.69) is 31.0 Å². The number of rotatable bonds is 0. The molecule has 4 heteroatoms. The maximum atomic E-state index is 5.38. The number of hydrogen-bond donors (Lipinski definition) is 0. The average molecular weight is 193 g/mol. The minimum absolute atomic E-state index is 0.123. The van der Waals surface area contributed by atoms with E-state index in [-0.39, 0.29) is 11.5 Å². The van der Waals surface area contributed by atoms with E-state index in [9.17, 15) is 0 Å². The molecule has 1 aromatic heterocycles. The molecule has 14 heavy (non-hydrogen) atoms. The molecule has 0 saturated heterocycles. The molecule has 1 aromatic rings. The Morgan fingerprint density at radius 3 is 2.79 bits per heavy atom. The molecule has 0 aromatic carbocycles. The highest BCUT2D eigenvalue weighted by molar-refractivity contribution is 5.84. The Hall–Kier alpha value is -1.32. The second-order valence-electron chi connectivity index (χ2n) is 4.62. The molecule has 1 aliphatic heterocycles. The van der Waals surface area contributed by atoms with Crippen LogP contribution in [0.25, 0.3) is 0 Å². The molecule has 1 aliphatic rings. The normalized spacial score (nSPS) is 21.9. The maximum absolute atomic E-state index is 5.38. The third kappa shape index (κ3) is 1.64. The third-order valence-electron chi connectivity index (χ3n) is 2.39. The predicted octanol–water partition coefficient (Wildman–Crippen LogP) is 1.88. The Morgan fingerprint density at radius 2 is 2.29 bits per heavy atom. The summed E-state index contributed by atoms with van der Waals surface area (Å²) in [4.78, 5) is 5.38. The fraction of sp³-hybridized carbons (Fsp3) is 0.600. The van der Waals surface area contributed by atoms with Crippen molar-refractivity contribution < 1.29 is 4.84 Å². The summed E-state index contributed by atoms with van der Waals surface area (Å²) >= 11 is 0. The zero-order valence-corrected chi connectivity index (χ0v) is 8.77. The van der Waals surface area contributed by atoms with Gasteiger partial charge < -0.3 is 4.84 Å². The van der Waals surface area contributed by atoms with Crippen LogP contribution in [0.5, 0.6) is 0 Å². The molecule has 0 radical (unpaired) electrons. The Labute approximate surface area is 83.6 Å². The van der Waals surface area contributed by atoms with Gasteiger partial charge in [0.15, 0.2) is 5.84 Å². The molecular formula is C10H15N3O. The first kappa shape index (κ1) is 9.24. The van der Waals surface area contributed by atoms with E-state index in [1.807, 2.05) is 12.3 Å². The molecule has 1 atom stereocenters. The number of oxime groups is 1. The zero-order chi connectivity index (χ0) is 10.2. The Bertz CT molecular complexity index is 335. The van der Waals surface area contributed by atoms with Gasteiger partial charge in [-0.3, -0.25) is 0 Å². The van der Waals surface area contributed by atoms with E-state index in [0.717, 1.165) is 12.3 Å². The van der Waals surface area contributed by atoms with Crippen LogP contribution in [0.2, 0.25) is 0 Å². The molecule has 2 rings (SSSR count). The Balaban J connectivity index is 2.08. The first-order chi connectivity index (χ1) is 6.57.